The molecule has 0 heterocycles. The number of nitrogens with zero attached hydrogens (tertiary/aromatic N) is 1. The maximum atomic E-state index is 13.3. The molecule has 0 aliphatic heterocycles. The van der Waals surface area contributed by atoms with Crippen LogP contribution in [0.1, 0.15) is 56.7 Å². The minimum absolute atomic E-state index is 0.0370. The molecule has 0 spiro atoms. The van der Waals surface area contributed by atoms with Crippen molar-refractivity contribution in [2.24, 2.45) is 0 Å². The predicted octanol–water partition coefficient (Wildman–Crippen LogP) is 5.34. The van der Waals surface area contributed by atoms with Gasteiger partial charge in [-0.25, -0.2) is 0 Å². The van der Waals surface area contributed by atoms with E-state index in [-0.39, 0.29) is 17.9 Å². The Hall–Kier alpha value is -2.27. The summed E-state index contributed by atoms with van der Waals surface area (Å²) in [5, 5.41) is 3.07. The Morgan fingerprint density at radius 2 is 1.68 bits per heavy atom. The third kappa shape index (κ3) is 8.06. The quantitative estimate of drug-likeness (QED) is 0.453. The number of rotatable bonds is 12. The molecule has 2 amide bonds. The normalized spacial score (nSPS) is 12.8. The van der Waals surface area contributed by atoms with Crippen molar-refractivity contribution in [1.29, 1.82) is 0 Å². The van der Waals surface area contributed by atoms with Crippen LogP contribution in [-0.2, 0) is 21.9 Å². The summed E-state index contributed by atoms with van der Waals surface area (Å²) >= 11 is 1.76. The summed E-state index contributed by atoms with van der Waals surface area (Å²) in [6, 6.07) is 18.0. The van der Waals surface area contributed by atoms with E-state index in [1.54, 1.807) is 16.7 Å². The van der Waals surface area contributed by atoms with Crippen LogP contribution in [0.3, 0.4) is 0 Å². The number of hydrogen-bond acceptors (Lipinski definition) is 3. The molecule has 0 bridgehead atoms. The SMILES string of the molecule is CCC(C)NC(=O)C(CC)N(Cc1ccccc1C)C(=O)CCSCc1ccccc1. The lowest BCUT2D eigenvalue weighted by molar-refractivity contribution is -0.141. The van der Waals surface area contributed by atoms with Gasteiger partial charge in [-0.1, -0.05) is 68.4 Å². The van der Waals surface area contributed by atoms with E-state index in [9.17, 15) is 9.59 Å². The van der Waals surface area contributed by atoms with Crippen LogP contribution in [-0.4, -0.2) is 34.6 Å². The second-order valence-electron chi connectivity index (χ2n) is 7.98. The van der Waals surface area contributed by atoms with Crippen molar-refractivity contribution in [1.82, 2.24) is 10.2 Å². The summed E-state index contributed by atoms with van der Waals surface area (Å²) in [6.07, 6.45) is 1.89. The molecule has 0 aromatic heterocycles. The molecule has 0 saturated heterocycles. The fourth-order valence-electron chi connectivity index (χ4n) is 3.40. The van der Waals surface area contributed by atoms with E-state index in [4.69, 9.17) is 0 Å². The Bertz CT molecular complexity index is 825. The van der Waals surface area contributed by atoms with Gasteiger partial charge >= 0.3 is 0 Å². The third-order valence-corrected chi connectivity index (χ3v) is 6.59. The van der Waals surface area contributed by atoms with E-state index in [1.807, 2.05) is 70.2 Å². The number of nitrogens with one attached hydrogen (secondary N) is 1. The van der Waals surface area contributed by atoms with Gasteiger partial charge in [0, 0.05) is 30.5 Å². The largest absolute Gasteiger partial charge is 0.352 e. The summed E-state index contributed by atoms with van der Waals surface area (Å²) in [7, 11) is 0. The van der Waals surface area contributed by atoms with Crippen LogP contribution < -0.4 is 5.32 Å². The molecule has 168 valence electrons. The molecular weight excluding hydrogens is 404 g/mol. The maximum Gasteiger partial charge on any atom is 0.243 e. The molecule has 1 N–H and O–H groups in total. The fourth-order valence-corrected chi connectivity index (χ4v) is 4.29. The van der Waals surface area contributed by atoms with Gasteiger partial charge in [-0.2, -0.15) is 11.8 Å². The van der Waals surface area contributed by atoms with Crippen LogP contribution in [0.5, 0.6) is 0 Å². The Morgan fingerprint density at radius 1 is 1.00 bits per heavy atom. The van der Waals surface area contributed by atoms with Gasteiger partial charge in [0.1, 0.15) is 6.04 Å². The van der Waals surface area contributed by atoms with E-state index in [1.165, 1.54) is 5.56 Å². The Balaban J connectivity index is 2.08. The number of carbonyl (C=O) groups is 2. The summed E-state index contributed by atoms with van der Waals surface area (Å²) in [5.74, 6) is 1.60. The molecule has 2 aromatic rings. The van der Waals surface area contributed by atoms with Crippen molar-refractivity contribution in [3.63, 3.8) is 0 Å². The second kappa shape index (κ2) is 13.2. The van der Waals surface area contributed by atoms with Gasteiger partial charge in [-0.05, 0) is 43.4 Å². The summed E-state index contributed by atoms with van der Waals surface area (Å²) in [5.41, 5.74) is 3.48. The highest BCUT2D eigenvalue weighted by Gasteiger charge is 2.29. The number of carbonyl (C=O) groups excluding carboxylic acids is 2. The van der Waals surface area contributed by atoms with E-state index in [0.29, 0.717) is 19.4 Å². The van der Waals surface area contributed by atoms with Crippen molar-refractivity contribution in [3.05, 3.63) is 71.3 Å². The molecule has 0 fully saturated rings. The first kappa shape index (κ1) is 25.0. The zero-order chi connectivity index (χ0) is 22.6. The van der Waals surface area contributed by atoms with Crippen LogP contribution in [0.4, 0.5) is 0 Å². The zero-order valence-corrected chi connectivity index (χ0v) is 20.1. The molecule has 31 heavy (non-hydrogen) atoms. The molecule has 2 rings (SSSR count). The van der Waals surface area contributed by atoms with Gasteiger partial charge in [-0.15, -0.1) is 0 Å². The van der Waals surface area contributed by atoms with Crippen LogP contribution in [0, 0.1) is 6.92 Å². The van der Waals surface area contributed by atoms with Crippen LogP contribution in [0.2, 0.25) is 0 Å². The predicted molar refractivity (Wildman–Crippen MR) is 131 cm³/mol. The minimum atomic E-state index is -0.458. The third-order valence-electron chi connectivity index (χ3n) is 5.56. The molecule has 2 unspecified atom stereocenters. The fraction of sp³-hybridized carbons (Fsp3) is 0.462. The first-order valence-electron chi connectivity index (χ1n) is 11.2. The number of benzene rings is 2. The van der Waals surface area contributed by atoms with Crippen molar-refractivity contribution in [3.8, 4) is 0 Å². The maximum absolute atomic E-state index is 13.3. The highest BCUT2D eigenvalue weighted by atomic mass is 32.2. The number of amides is 2. The van der Waals surface area contributed by atoms with Crippen molar-refractivity contribution < 1.29 is 9.59 Å². The lowest BCUT2D eigenvalue weighted by Gasteiger charge is -2.32. The molecule has 0 saturated carbocycles. The van der Waals surface area contributed by atoms with Gasteiger partial charge in [0.15, 0.2) is 0 Å². The summed E-state index contributed by atoms with van der Waals surface area (Å²) < 4.78 is 0. The lowest BCUT2D eigenvalue weighted by atomic mass is 10.1. The molecule has 0 aliphatic rings. The molecule has 0 radical (unpaired) electrons. The van der Waals surface area contributed by atoms with Crippen LogP contribution in [0.25, 0.3) is 0 Å². The molecule has 0 aliphatic carbocycles. The summed E-state index contributed by atoms with van der Waals surface area (Å²) in [6.45, 7) is 8.53. The minimum Gasteiger partial charge on any atom is -0.352 e. The highest BCUT2D eigenvalue weighted by molar-refractivity contribution is 7.98. The lowest BCUT2D eigenvalue weighted by Crippen LogP contribution is -2.50. The molecule has 5 heteroatoms. The van der Waals surface area contributed by atoms with Crippen molar-refractivity contribution in [2.75, 3.05) is 5.75 Å². The molecule has 2 atom stereocenters. The van der Waals surface area contributed by atoms with Gasteiger partial charge in [-0.3, -0.25) is 9.59 Å². The monoisotopic (exact) mass is 440 g/mol. The Morgan fingerprint density at radius 3 is 2.32 bits per heavy atom. The van der Waals surface area contributed by atoms with E-state index in [0.717, 1.165) is 29.1 Å². The zero-order valence-electron chi connectivity index (χ0n) is 19.3. The highest BCUT2D eigenvalue weighted by Crippen LogP contribution is 2.19. The summed E-state index contributed by atoms with van der Waals surface area (Å²) in [4.78, 5) is 28.0. The molecule has 4 nitrogen and oxygen atoms in total. The van der Waals surface area contributed by atoms with Gasteiger partial charge < -0.3 is 10.2 Å². The number of aryl methyl sites for hydroxylation is 1. The van der Waals surface area contributed by atoms with Crippen LogP contribution in [0.15, 0.2) is 54.6 Å². The Labute approximate surface area is 191 Å². The number of thioether (sulfide) groups is 1. The molecular formula is C26H36N2O2S. The van der Waals surface area contributed by atoms with Gasteiger partial charge in [0.25, 0.3) is 0 Å². The molecule has 2 aromatic carbocycles. The van der Waals surface area contributed by atoms with E-state index < -0.39 is 6.04 Å². The second-order valence-corrected chi connectivity index (χ2v) is 9.08. The van der Waals surface area contributed by atoms with Crippen molar-refractivity contribution >= 4 is 23.6 Å². The average Bonchev–Trinajstić information content (AvgIpc) is 2.78. The first-order chi connectivity index (χ1) is 15.0. The van der Waals surface area contributed by atoms with E-state index in [2.05, 4.69) is 17.4 Å². The van der Waals surface area contributed by atoms with Gasteiger partial charge in [0.2, 0.25) is 11.8 Å². The van der Waals surface area contributed by atoms with Crippen molar-refractivity contribution in [2.45, 2.75) is 71.3 Å². The topological polar surface area (TPSA) is 49.4 Å². The first-order valence-corrected chi connectivity index (χ1v) is 12.4. The average molecular weight is 441 g/mol. The van der Waals surface area contributed by atoms with Crippen LogP contribution >= 0.6 is 11.8 Å². The Kier molecular flexibility index (Phi) is 10.6. The van der Waals surface area contributed by atoms with E-state index >= 15 is 0 Å². The smallest absolute Gasteiger partial charge is 0.243 e. The number of hydrogen-bond donors (Lipinski definition) is 1. The standard InChI is InChI=1S/C26H36N2O2S/c1-5-21(4)27-26(30)24(6-2)28(18-23-15-11-10-12-20(23)3)25(29)16-17-31-19-22-13-8-7-9-14-22/h7-15,21,24H,5-6,16-19H2,1-4H3,(H,27,30). The van der Waals surface area contributed by atoms with Gasteiger partial charge in [0.05, 0.1) is 0 Å².